The van der Waals surface area contributed by atoms with Crippen molar-refractivity contribution in [1.29, 1.82) is 5.26 Å². The van der Waals surface area contributed by atoms with Crippen LogP contribution in [0.15, 0.2) is 12.3 Å². The van der Waals surface area contributed by atoms with E-state index in [0.29, 0.717) is 23.1 Å². The summed E-state index contributed by atoms with van der Waals surface area (Å²) in [4.78, 5) is 5.97. The number of anilines is 2. The molecule has 0 spiro atoms. The molecular formula is C10H13ClN4. The fourth-order valence-electron chi connectivity index (χ4n) is 1.26. The van der Waals surface area contributed by atoms with Gasteiger partial charge in [0.25, 0.3) is 0 Å². The second-order valence-electron chi connectivity index (χ2n) is 3.48. The number of halogens is 1. The van der Waals surface area contributed by atoms with Crippen LogP contribution in [0.25, 0.3) is 0 Å². The molecule has 1 unspecified atom stereocenters. The SMILES string of the molecule is CC(C#N)CN(C)c1ncc(N)cc1Cl. The molecule has 5 heteroatoms. The van der Waals surface area contributed by atoms with E-state index in [9.17, 15) is 0 Å². The zero-order valence-electron chi connectivity index (χ0n) is 8.74. The van der Waals surface area contributed by atoms with Gasteiger partial charge in [0.15, 0.2) is 0 Å². The smallest absolute Gasteiger partial charge is 0.147 e. The standard InChI is InChI=1S/C10H13ClN4/c1-7(4-12)6-15(2)10-9(11)3-8(13)5-14-10/h3,5,7H,6,13H2,1-2H3. The van der Waals surface area contributed by atoms with E-state index in [1.54, 1.807) is 12.3 Å². The number of nitrogens with two attached hydrogens (primary N) is 1. The number of nitrogen functional groups attached to an aromatic ring is 1. The van der Waals surface area contributed by atoms with Crippen LogP contribution in [0.4, 0.5) is 11.5 Å². The fraction of sp³-hybridized carbons (Fsp3) is 0.400. The zero-order chi connectivity index (χ0) is 11.4. The monoisotopic (exact) mass is 224 g/mol. The third-order valence-electron chi connectivity index (χ3n) is 1.97. The van der Waals surface area contributed by atoms with Gasteiger partial charge < -0.3 is 10.6 Å². The van der Waals surface area contributed by atoms with Crippen molar-refractivity contribution in [3.05, 3.63) is 17.3 Å². The van der Waals surface area contributed by atoms with Crippen molar-refractivity contribution in [2.75, 3.05) is 24.2 Å². The lowest BCUT2D eigenvalue weighted by Crippen LogP contribution is -2.24. The fourth-order valence-corrected chi connectivity index (χ4v) is 1.58. The quantitative estimate of drug-likeness (QED) is 0.852. The predicted molar refractivity (Wildman–Crippen MR) is 61.7 cm³/mol. The first-order valence-corrected chi connectivity index (χ1v) is 4.94. The van der Waals surface area contributed by atoms with Gasteiger partial charge in [0.05, 0.1) is 28.9 Å². The summed E-state index contributed by atoms with van der Waals surface area (Å²) in [6.45, 7) is 2.44. The molecule has 0 amide bonds. The van der Waals surface area contributed by atoms with E-state index in [4.69, 9.17) is 22.6 Å². The van der Waals surface area contributed by atoms with Crippen LogP contribution < -0.4 is 10.6 Å². The van der Waals surface area contributed by atoms with Crippen LogP contribution in [0.5, 0.6) is 0 Å². The van der Waals surface area contributed by atoms with Crippen LogP contribution >= 0.6 is 11.6 Å². The topological polar surface area (TPSA) is 65.9 Å². The summed E-state index contributed by atoms with van der Waals surface area (Å²) in [6.07, 6.45) is 1.55. The minimum atomic E-state index is -0.0644. The van der Waals surface area contributed by atoms with Gasteiger partial charge in [0, 0.05) is 13.6 Å². The summed E-state index contributed by atoms with van der Waals surface area (Å²) in [5.74, 6) is 0.582. The number of nitrogens with zero attached hydrogens (tertiary/aromatic N) is 3. The first-order chi connectivity index (χ1) is 7.04. The first-order valence-electron chi connectivity index (χ1n) is 4.56. The van der Waals surface area contributed by atoms with Gasteiger partial charge in [-0.25, -0.2) is 4.98 Å². The van der Waals surface area contributed by atoms with Gasteiger partial charge in [-0.1, -0.05) is 11.6 Å². The van der Waals surface area contributed by atoms with E-state index in [1.165, 1.54) is 0 Å². The molecule has 0 aliphatic rings. The Bertz CT molecular complexity index is 385. The number of aromatic nitrogens is 1. The Hall–Kier alpha value is -1.47. The Kier molecular flexibility index (Phi) is 3.75. The Morgan fingerprint density at radius 1 is 1.73 bits per heavy atom. The largest absolute Gasteiger partial charge is 0.397 e. The van der Waals surface area contributed by atoms with Crippen LogP contribution in [-0.4, -0.2) is 18.6 Å². The second kappa shape index (κ2) is 4.85. The van der Waals surface area contributed by atoms with Gasteiger partial charge in [-0.05, 0) is 13.0 Å². The lowest BCUT2D eigenvalue weighted by Gasteiger charge is -2.20. The number of hydrogen-bond acceptors (Lipinski definition) is 4. The van der Waals surface area contributed by atoms with E-state index in [0.717, 1.165) is 0 Å². The summed E-state index contributed by atoms with van der Waals surface area (Å²) < 4.78 is 0. The molecule has 1 aromatic rings. The van der Waals surface area contributed by atoms with E-state index in [2.05, 4.69) is 11.1 Å². The summed E-state index contributed by atoms with van der Waals surface area (Å²) >= 11 is 5.98. The van der Waals surface area contributed by atoms with Gasteiger partial charge in [-0.15, -0.1) is 0 Å². The van der Waals surface area contributed by atoms with Gasteiger partial charge in [0.1, 0.15) is 5.82 Å². The Morgan fingerprint density at radius 2 is 2.40 bits per heavy atom. The van der Waals surface area contributed by atoms with Crippen molar-refractivity contribution < 1.29 is 0 Å². The molecule has 1 aromatic heterocycles. The highest BCUT2D eigenvalue weighted by Gasteiger charge is 2.10. The van der Waals surface area contributed by atoms with Crippen LogP contribution in [0.2, 0.25) is 5.02 Å². The molecule has 1 atom stereocenters. The molecule has 0 bridgehead atoms. The van der Waals surface area contributed by atoms with Gasteiger partial charge in [-0.3, -0.25) is 0 Å². The molecule has 1 rings (SSSR count). The second-order valence-corrected chi connectivity index (χ2v) is 3.89. The molecule has 0 saturated heterocycles. The molecule has 0 fully saturated rings. The lowest BCUT2D eigenvalue weighted by molar-refractivity contribution is 0.710. The average molecular weight is 225 g/mol. The molecular weight excluding hydrogens is 212 g/mol. The number of nitriles is 1. The van der Waals surface area contributed by atoms with Crippen molar-refractivity contribution in [2.45, 2.75) is 6.92 Å². The van der Waals surface area contributed by atoms with E-state index < -0.39 is 0 Å². The molecule has 0 aromatic carbocycles. The van der Waals surface area contributed by atoms with Crippen molar-refractivity contribution in [2.24, 2.45) is 5.92 Å². The normalized spacial score (nSPS) is 11.9. The highest BCUT2D eigenvalue weighted by atomic mass is 35.5. The maximum atomic E-state index is 8.69. The van der Waals surface area contributed by atoms with Crippen molar-refractivity contribution >= 4 is 23.1 Å². The average Bonchev–Trinajstić information content (AvgIpc) is 2.17. The van der Waals surface area contributed by atoms with Gasteiger partial charge in [-0.2, -0.15) is 5.26 Å². The zero-order valence-corrected chi connectivity index (χ0v) is 9.49. The molecule has 0 aliphatic carbocycles. The summed E-state index contributed by atoms with van der Waals surface area (Å²) in [6, 6.07) is 3.81. The molecule has 0 saturated carbocycles. The van der Waals surface area contributed by atoms with Gasteiger partial charge in [0.2, 0.25) is 0 Å². The highest BCUT2D eigenvalue weighted by Crippen LogP contribution is 2.24. The number of hydrogen-bond donors (Lipinski definition) is 1. The van der Waals surface area contributed by atoms with Crippen LogP contribution in [0.3, 0.4) is 0 Å². The third-order valence-corrected chi connectivity index (χ3v) is 2.25. The van der Waals surface area contributed by atoms with E-state index in [1.807, 2.05) is 18.9 Å². The number of rotatable bonds is 3. The van der Waals surface area contributed by atoms with Crippen LogP contribution in [0, 0.1) is 17.2 Å². The number of pyridine rings is 1. The Labute approximate surface area is 94.3 Å². The lowest BCUT2D eigenvalue weighted by atomic mass is 10.2. The van der Waals surface area contributed by atoms with E-state index >= 15 is 0 Å². The molecule has 0 aliphatic heterocycles. The molecule has 4 nitrogen and oxygen atoms in total. The van der Waals surface area contributed by atoms with Crippen LogP contribution in [-0.2, 0) is 0 Å². The molecule has 15 heavy (non-hydrogen) atoms. The van der Waals surface area contributed by atoms with Gasteiger partial charge >= 0.3 is 0 Å². The third kappa shape index (κ3) is 3.00. The maximum Gasteiger partial charge on any atom is 0.147 e. The highest BCUT2D eigenvalue weighted by molar-refractivity contribution is 6.33. The predicted octanol–water partition coefficient (Wildman–Crippen LogP) is 1.91. The van der Waals surface area contributed by atoms with Crippen molar-refractivity contribution in [1.82, 2.24) is 4.98 Å². The summed E-state index contributed by atoms with van der Waals surface area (Å²) in [7, 11) is 1.85. The van der Waals surface area contributed by atoms with Crippen molar-refractivity contribution in [3.63, 3.8) is 0 Å². The molecule has 80 valence electrons. The summed E-state index contributed by atoms with van der Waals surface area (Å²) in [5, 5.41) is 9.20. The first kappa shape index (κ1) is 11.6. The van der Waals surface area contributed by atoms with Crippen LogP contribution in [0.1, 0.15) is 6.92 Å². The Morgan fingerprint density at radius 3 is 2.93 bits per heavy atom. The Balaban J connectivity index is 2.83. The van der Waals surface area contributed by atoms with E-state index in [-0.39, 0.29) is 5.92 Å². The minimum absolute atomic E-state index is 0.0644. The molecule has 2 N–H and O–H groups in total. The van der Waals surface area contributed by atoms with Crippen molar-refractivity contribution in [3.8, 4) is 6.07 Å². The molecule has 1 heterocycles. The summed E-state index contributed by atoms with van der Waals surface area (Å²) in [5.41, 5.74) is 6.07. The molecule has 0 radical (unpaired) electrons. The maximum absolute atomic E-state index is 8.69. The minimum Gasteiger partial charge on any atom is -0.397 e.